The Morgan fingerprint density at radius 3 is 2.39 bits per heavy atom. The van der Waals surface area contributed by atoms with E-state index >= 15 is 0 Å². The molecule has 1 fully saturated rings. The van der Waals surface area contributed by atoms with Gasteiger partial charge in [-0.2, -0.15) is 13.2 Å². The molecule has 3 N–H and O–H groups in total. The van der Waals surface area contributed by atoms with Crippen molar-refractivity contribution < 1.29 is 17.9 Å². The fraction of sp³-hybridized carbons (Fsp3) is 1.00. The molecule has 0 saturated heterocycles. The van der Waals surface area contributed by atoms with Crippen molar-refractivity contribution in [1.82, 2.24) is 5.43 Å². The summed E-state index contributed by atoms with van der Waals surface area (Å²) in [5.74, 6) is 6.69. The third kappa shape index (κ3) is 6.02. The second-order valence-electron chi connectivity index (χ2n) is 5.25. The lowest BCUT2D eigenvalue weighted by molar-refractivity contribution is -0.174. The van der Waals surface area contributed by atoms with Gasteiger partial charge >= 0.3 is 6.18 Å². The third-order valence-electron chi connectivity index (χ3n) is 3.68. The Morgan fingerprint density at radius 2 is 1.89 bits per heavy atom. The highest BCUT2D eigenvalue weighted by atomic mass is 19.4. The topological polar surface area (TPSA) is 47.3 Å². The number of hydrazine groups is 1. The highest BCUT2D eigenvalue weighted by Crippen LogP contribution is 2.31. The van der Waals surface area contributed by atoms with Crippen molar-refractivity contribution in [3.8, 4) is 0 Å². The summed E-state index contributed by atoms with van der Waals surface area (Å²) < 4.78 is 40.3. The summed E-state index contributed by atoms with van der Waals surface area (Å²) in [6.45, 7) is 1.15. The van der Waals surface area contributed by atoms with E-state index in [0.717, 1.165) is 18.8 Å². The summed E-state index contributed by atoms with van der Waals surface area (Å²) in [5.41, 5.74) is 2.72. The van der Waals surface area contributed by atoms with Gasteiger partial charge in [0.05, 0.1) is 0 Å². The summed E-state index contributed by atoms with van der Waals surface area (Å²) in [6.07, 6.45) is 0.820. The zero-order chi connectivity index (χ0) is 13.6. The first-order chi connectivity index (χ1) is 8.42. The summed E-state index contributed by atoms with van der Waals surface area (Å²) in [5, 5.41) is 0. The standard InChI is InChI=1S/C12H23F3N2O/c1-9-2-4-10(5-3-9)11(17-16)6-7-18-8-12(13,14)15/h9-11,17H,2-8,16H2,1H3. The largest absolute Gasteiger partial charge is 0.411 e. The first-order valence-electron chi connectivity index (χ1n) is 6.53. The number of alkyl halides is 3. The molecule has 6 heteroatoms. The Balaban J connectivity index is 2.21. The van der Waals surface area contributed by atoms with Crippen LogP contribution in [0.3, 0.4) is 0 Å². The smallest absolute Gasteiger partial charge is 0.372 e. The van der Waals surface area contributed by atoms with Crippen molar-refractivity contribution in [2.45, 2.75) is 51.2 Å². The van der Waals surface area contributed by atoms with E-state index in [2.05, 4.69) is 17.1 Å². The molecule has 1 unspecified atom stereocenters. The maximum Gasteiger partial charge on any atom is 0.411 e. The molecule has 1 atom stereocenters. The van der Waals surface area contributed by atoms with Gasteiger partial charge in [-0.15, -0.1) is 0 Å². The first-order valence-corrected chi connectivity index (χ1v) is 6.53. The van der Waals surface area contributed by atoms with Crippen molar-refractivity contribution in [3.05, 3.63) is 0 Å². The van der Waals surface area contributed by atoms with Gasteiger partial charge in [0, 0.05) is 12.6 Å². The van der Waals surface area contributed by atoms with Gasteiger partial charge < -0.3 is 4.74 Å². The van der Waals surface area contributed by atoms with Gasteiger partial charge in [0.15, 0.2) is 0 Å². The predicted molar refractivity (Wildman–Crippen MR) is 63.7 cm³/mol. The quantitative estimate of drug-likeness (QED) is 0.442. The molecule has 0 aromatic rings. The van der Waals surface area contributed by atoms with Crippen LogP contribution in [0.1, 0.15) is 39.0 Å². The van der Waals surface area contributed by atoms with Crippen LogP contribution < -0.4 is 11.3 Å². The molecule has 0 amide bonds. The molecule has 1 rings (SSSR count). The molecule has 0 aromatic carbocycles. The van der Waals surface area contributed by atoms with Crippen molar-refractivity contribution in [2.24, 2.45) is 17.7 Å². The molecule has 1 aliphatic rings. The summed E-state index contributed by atoms with van der Waals surface area (Å²) >= 11 is 0. The molecule has 0 radical (unpaired) electrons. The zero-order valence-electron chi connectivity index (χ0n) is 10.8. The van der Waals surface area contributed by atoms with Crippen molar-refractivity contribution in [2.75, 3.05) is 13.2 Å². The molecular formula is C12H23F3N2O. The SMILES string of the molecule is CC1CCC(C(CCOCC(F)(F)F)NN)CC1. The molecule has 0 bridgehead atoms. The van der Waals surface area contributed by atoms with Crippen LogP contribution in [-0.2, 0) is 4.74 Å². The number of halogens is 3. The molecule has 0 aromatic heterocycles. The number of nitrogens with one attached hydrogen (secondary N) is 1. The first kappa shape index (κ1) is 15.7. The summed E-state index contributed by atoms with van der Waals surface area (Å²) in [4.78, 5) is 0. The van der Waals surface area contributed by atoms with Crippen LogP contribution in [0.2, 0.25) is 0 Å². The van der Waals surface area contributed by atoms with Gasteiger partial charge in [0.2, 0.25) is 0 Å². The molecule has 1 saturated carbocycles. The van der Waals surface area contributed by atoms with E-state index in [9.17, 15) is 13.2 Å². The van der Waals surface area contributed by atoms with Crippen LogP contribution >= 0.6 is 0 Å². The zero-order valence-corrected chi connectivity index (χ0v) is 10.8. The lowest BCUT2D eigenvalue weighted by Gasteiger charge is -2.32. The van der Waals surface area contributed by atoms with Gasteiger partial charge in [-0.05, 0) is 31.1 Å². The molecule has 3 nitrogen and oxygen atoms in total. The fourth-order valence-electron chi connectivity index (χ4n) is 2.54. The van der Waals surface area contributed by atoms with Gasteiger partial charge in [-0.25, -0.2) is 0 Å². The molecule has 0 aliphatic heterocycles. The normalized spacial score (nSPS) is 27.2. The van der Waals surface area contributed by atoms with Crippen LogP contribution in [0.5, 0.6) is 0 Å². The Hall–Kier alpha value is -0.330. The van der Waals surface area contributed by atoms with E-state index in [1.807, 2.05) is 0 Å². The molecule has 0 heterocycles. The van der Waals surface area contributed by atoms with Crippen molar-refractivity contribution in [1.29, 1.82) is 0 Å². The van der Waals surface area contributed by atoms with E-state index in [0.29, 0.717) is 12.3 Å². The lowest BCUT2D eigenvalue weighted by atomic mass is 9.78. The Labute approximate surface area is 106 Å². The number of nitrogens with two attached hydrogens (primary N) is 1. The number of rotatable bonds is 6. The van der Waals surface area contributed by atoms with E-state index in [1.165, 1.54) is 12.8 Å². The minimum atomic E-state index is -4.24. The van der Waals surface area contributed by atoms with Gasteiger partial charge in [-0.3, -0.25) is 11.3 Å². The Bertz CT molecular complexity index is 228. The monoisotopic (exact) mass is 268 g/mol. The van der Waals surface area contributed by atoms with Crippen molar-refractivity contribution in [3.63, 3.8) is 0 Å². The predicted octanol–water partition coefficient (Wildman–Crippen LogP) is 2.61. The van der Waals surface area contributed by atoms with Crippen LogP contribution in [0.25, 0.3) is 0 Å². The fourth-order valence-corrected chi connectivity index (χ4v) is 2.54. The van der Waals surface area contributed by atoms with E-state index in [-0.39, 0.29) is 12.6 Å². The van der Waals surface area contributed by atoms with Gasteiger partial charge in [0.1, 0.15) is 6.61 Å². The molecule has 0 spiro atoms. The van der Waals surface area contributed by atoms with Crippen LogP contribution in [0, 0.1) is 11.8 Å². The third-order valence-corrected chi connectivity index (χ3v) is 3.68. The highest BCUT2D eigenvalue weighted by molar-refractivity contribution is 4.79. The second-order valence-corrected chi connectivity index (χ2v) is 5.25. The van der Waals surface area contributed by atoms with E-state index in [4.69, 9.17) is 5.84 Å². The van der Waals surface area contributed by atoms with E-state index in [1.54, 1.807) is 0 Å². The van der Waals surface area contributed by atoms with Gasteiger partial charge in [0.25, 0.3) is 0 Å². The molecule has 108 valence electrons. The Morgan fingerprint density at radius 1 is 1.28 bits per heavy atom. The summed E-state index contributed by atoms with van der Waals surface area (Å²) in [7, 11) is 0. The molecular weight excluding hydrogens is 245 g/mol. The number of ether oxygens (including phenoxy) is 1. The maximum atomic E-state index is 11.9. The number of hydrogen-bond donors (Lipinski definition) is 2. The highest BCUT2D eigenvalue weighted by Gasteiger charge is 2.28. The number of hydrogen-bond acceptors (Lipinski definition) is 3. The van der Waals surface area contributed by atoms with E-state index < -0.39 is 12.8 Å². The summed E-state index contributed by atoms with van der Waals surface area (Å²) in [6, 6.07) is 0.0609. The molecule has 1 aliphatic carbocycles. The molecule has 18 heavy (non-hydrogen) atoms. The van der Waals surface area contributed by atoms with Crippen LogP contribution in [0.4, 0.5) is 13.2 Å². The minimum Gasteiger partial charge on any atom is -0.372 e. The lowest BCUT2D eigenvalue weighted by Crippen LogP contribution is -2.43. The minimum absolute atomic E-state index is 0.0609. The average molecular weight is 268 g/mol. The average Bonchev–Trinajstić information content (AvgIpc) is 2.29. The van der Waals surface area contributed by atoms with Crippen molar-refractivity contribution >= 4 is 0 Å². The van der Waals surface area contributed by atoms with Crippen LogP contribution in [0.15, 0.2) is 0 Å². The maximum absolute atomic E-state index is 11.9. The van der Waals surface area contributed by atoms with Crippen LogP contribution in [-0.4, -0.2) is 25.4 Å². The Kier molecular flexibility index (Phi) is 6.38. The second kappa shape index (κ2) is 7.31. The van der Waals surface area contributed by atoms with Gasteiger partial charge in [-0.1, -0.05) is 19.8 Å².